The smallest absolute Gasteiger partial charge is 0.0591 e. The molecule has 36 aromatic rings. The van der Waals surface area contributed by atoms with E-state index >= 15 is 0 Å². The molecular weight excluding hydrogens is 1800 g/mol. The molecule has 1 saturated carbocycles. The van der Waals surface area contributed by atoms with Gasteiger partial charge in [0.25, 0.3) is 0 Å². The summed E-state index contributed by atoms with van der Waals surface area (Å²) in [6.07, 6.45) is 37.5. The topological polar surface area (TPSA) is 3.24 Å². The molecule has 8 aromatic heterocycles. The fraction of sp³-hybridized carbons (Fsp3) is 0.252. The summed E-state index contributed by atoms with van der Waals surface area (Å²) in [7, 11) is 2.68. The molecule has 5 aliphatic carbocycles. The number of nitrogens with zero attached hydrogens (tertiary/aromatic N) is 1. The summed E-state index contributed by atoms with van der Waals surface area (Å²) in [6.45, 7) is 10.5. The lowest BCUT2D eigenvalue weighted by Gasteiger charge is -2.50. The fourth-order valence-corrected chi connectivity index (χ4v) is 45.7. The summed E-state index contributed by atoms with van der Waals surface area (Å²) < 4.78 is 0. The monoisotopic (exact) mass is 1870 g/mol. The predicted octanol–water partition coefficient (Wildman–Crippen LogP) is 40.4. The van der Waals surface area contributed by atoms with Crippen molar-refractivity contribution in [1.82, 2.24) is 4.90 Å². The van der Waals surface area contributed by atoms with E-state index in [4.69, 9.17) is 0 Å². The van der Waals surface area contributed by atoms with Crippen LogP contribution in [0.15, 0.2) is 72.8 Å². The van der Waals surface area contributed by atoms with Crippen LogP contribution in [0.1, 0.15) is 204 Å². The van der Waals surface area contributed by atoms with E-state index in [9.17, 15) is 0 Å². The molecule has 136 heavy (non-hydrogen) atoms. The lowest BCUT2D eigenvalue weighted by atomic mass is 9.49. The molecule has 9 heteroatoms. The van der Waals surface area contributed by atoms with E-state index in [0.29, 0.717) is 0 Å². The minimum absolute atomic E-state index is 0.108. The van der Waals surface area contributed by atoms with Gasteiger partial charge in [-0.1, -0.05) is 105 Å². The molecule has 6 aliphatic rings. The van der Waals surface area contributed by atoms with Crippen molar-refractivity contribution >= 4 is 382 Å². The average molecular weight is 1880 g/mol. The molecule has 3 unspecified atom stereocenters. The van der Waals surface area contributed by atoms with Crippen molar-refractivity contribution in [2.24, 2.45) is 0 Å². The van der Waals surface area contributed by atoms with Crippen molar-refractivity contribution in [3.05, 3.63) is 159 Å². The highest BCUT2D eigenvalue weighted by molar-refractivity contribution is 7.32. The number of benzene rings is 17. The number of likely N-dealkylation sites (tertiary alicyclic amines) is 1. The number of hydrogen-bond donors (Lipinski definition) is 0. The number of thiophene rings is 8. The van der Waals surface area contributed by atoms with Crippen LogP contribution < -0.4 is 0 Å². The lowest BCUT2D eigenvalue weighted by molar-refractivity contribution is 0.276. The summed E-state index contributed by atoms with van der Waals surface area (Å²) in [5.74, 6) is 1.47. The first-order chi connectivity index (χ1) is 67.4. The van der Waals surface area contributed by atoms with Crippen LogP contribution in [-0.4, -0.2) is 18.5 Å². The minimum atomic E-state index is -0.399. The number of hydrogen-bond acceptors (Lipinski definition) is 9. The summed E-state index contributed by atoms with van der Waals surface area (Å²) in [5, 5.41) is 90.9. The number of aryl methyl sites for hydroxylation is 5. The van der Waals surface area contributed by atoms with Gasteiger partial charge in [-0.3, -0.25) is 4.90 Å². The maximum atomic E-state index is 3.09. The Labute approximate surface area is 811 Å². The van der Waals surface area contributed by atoms with Gasteiger partial charge < -0.3 is 0 Å². The Morgan fingerprint density at radius 2 is 0.500 bits per heavy atom. The first-order valence-electron chi connectivity index (χ1n) is 51.9. The third-order valence-corrected chi connectivity index (χ3v) is 49.8. The summed E-state index contributed by atoms with van der Waals surface area (Å²) in [6, 6.07) is 31.0. The van der Waals surface area contributed by atoms with Crippen LogP contribution in [0.25, 0.3) is 359 Å². The lowest BCUT2D eigenvalue weighted by Crippen LogP contribution is -2.50. The maximum Gasteiger partial charge on any atom is 0.0591 e. The molecule has 2 fully saturated rings. The van der Waals surface area contributed by atoms with Gasteiger partial charge in [-0.15, -0.1) is 90.7 Å². The van der Waals surface area contributed by atoms with E-state index in [1.165, 1.54) is 185 Å². The molecule has 0 N–H and O–H groups in total. The van der Waals surface area contributed by atoms with Gasteiger partial charge in [0.15, 0.2) is 0 Å². The van der Waals surface area contributed by atoms with Crippen LogP contribution in [0.5, 0.6) is 0 Å². The first-order valence-corrected chi connectivity index (χ1v) is 58.5. The molecule has 2 spiro atoms. The van der Waals surface area contributed by atoms with Gasteiger partial charge in [0.05, 0.1) is 16.9 Å². The second kappa shape index (κ2) is 22.4. The maximum absolute atomic E-state index is 3.09. The molecule has 28 aromatic carbocycles. The molecule has 42 rings (SSSR count). The standard InChI is InChI=1S/C127H80NS8/c1-6-10-14-18-28-47-41-51(32-24-27-46-25-22-23-26-46)129-121(47)56-37-33-52(130-56)53-34-38-57(131-53)122-48(29-19-15-11-7-2)42-60(134-122)61-43-49(30-20-16-12-8-3)123(135-61)58-39-35-54(132-58)55-36-40-59(133-55)124-50(31-21-17-13-9-4)44-62(136-124)125-127-119-112-104-92-84-75-66-64-63-65-69(66)78-85-83-74(65)76-72-67(63)70-71-68(64)73-77(75)90(92)98-96-82(73)80(71)88-87-79(70)81(72)95-97-89(76)91(83)103-105-93(85)94(86(78)84)106(104)115(119)114(105)117-110(103)108(97)111-101(95)99(87)107-100(88)102(96)113(109(98)112)120(127)116(107)118(111)126(117,127)45-128(125)5/h22-23,25-26,33-44,125H,6-21,24,27-32,45H2,1-5H3. The summed E-state index contributed by atoms with van der Waals surface area (Å²) in [5.41, 5.74) is 12.7. The molecule has 5 radical (unpaired) electrons. The van der Waals surface area contributed by atoms with Gasteiger partial charge in [-0.25, -0.2) is 0 Å². The molecule has 1 nitrogen and oxygen atoms in total. The Kier molecular flexibility index (Phi) is 11.8. The number of unbranched alkanes of at least 4 members (excludes halogenated alkanes) is 12. The van der Waals surface area contributed by atoms with Gasteiger partial charge in [0.2, 0.25) is 0 Å². The highest BCUT2D eigenvalue weighted by Crippen LogP contribution is 2.88. The Morgan fingerprint density at radius 3 is 0.853 bits per heavy atom. The van der Waals surface area contributed by atoms with Gasteiger partial charge in [-0.2, -0.15) is 0 Å². The van der Waals surface area contributed by atoms with E-state index in [2.05, 4.69) is 206 Å². The zero-order chi connectivity index (χ0) is 86.7. The zero-order valence-corrected chi connectivity index (χ0v) is 82.5. The second-order valence-corrected chi connectivity index (χ2v) is 53.5. The normalized spacial score (nSPS) is 18.9. The molecule has 3 atom stereocenters. The van der Waals surface area contributed by atoms with Crippen LogP contribution in [0.3, 0.4) is 0 Å². The largest absolute Gasteiger partial charge is 0.296 e. The van der Waals surface area contributed by atoms with Crippen molar-refractivity contribution in [2.75, 3.05) is 13.6 Å². The average Bonchev–Trinajstić information content (AvgIpc) is 1.38. The van der Waals surface area contributed by atoms with Crippen LogP contribution in [-0.2, 0) is 42.9 Å². The van der Waals surface area contributed by atoms with Crippen LogP contribution in [0.2, 0.25) is 0 Å². The highest BCUT2D eigenvalue weighted by Gasteiger charge is 2.76. The molecular formula is C127H80NS8. The van der Waals surface area contributed by atoms with E-state index < -0.39 is 5.41 Å². The molecule has 641 valence electrons. The molecule has 9 heterocycles. The van der Waals surface area contributed by atoms with Crippen LogP contribution in [0, 0.1) is 31.6 Å². The SMILES string of the molecule is CCCCCCc1cc(CCC[C]2[CH][CH][CH][CH]2)sc1-c1ccc(-c2ccc(-c3sc(-c4cc(CCCCCC)c(-c5ccc(-c6ccc(-c7sc(C8N(C)CC9%10c%11c%12c%13c%14c%15c%16c(c%17c%18c9c9c%19c%11c%11c%20c%12c%12c%14c%14c%15c%15c%21c%16c%17c%16c%17c%18c9c9c%18c%19c%11c%11c%19c%20c%12c%12c%14c%14c%15c%15c%21c%16c%16c%17c9c9c%18c%11c%11c%19c%12c%14c%12c%15c%16c9c%11%12)C%138%10)cc7CCCCCC)s6)s5)s4)cc3CCCCCC)s2)s1. The summed E-state index contributed by atoms with van der Waals surface area (Å²) in [4.78, 5) is 26.7. The predicted molar refractivity (Wildman–Crippen MR) is 602 cm³/mol. The van der Waals surface area contributed by atoms with Crippen molar-refractivity contribution in [3.8, 4) is 68.3 Å². The van der Waals surface area contributed by atoms with Crippen molar-refractivity contribution in [2.45, 2.75) is 192 Å². The van der Waals surface area contributed by atoms with Crippen LogP contribution in [0.4, 0.5) is 0 Å². The quantitative estimate of drug-likeness (QED) is 0.0300. The van der Waals surface area contributed by atoms with Gasteiger partial charge in [0.1, 0.15) is 0 Å². The molecule has 1 aliphatic heterocycles. The van der Waals surface area contributed by atoms with Gasteiger partial charge >= 0.3 is 0 Å². The Morgan fingerprint density at radius 1 is 0.235 bits per heavy atom. The van der Waals surface area contributed by atoms with E-state index in [1.807, 2.05) is 22.7 Å². The molecule has 0 amide bonds. The Balaban J connectivity index is 0.487. The van der Waals surface area contributed by atoms with Crippen molar-refractivity contribution in [1.29, 1.82) is 0 Å². The minimum Gasteiger partial charge on any atom is -0.296 e. The zero-order valence-electron chi connectivity index (χ0n) is 76.0. The first kappa shape index (κ1) is 71.5. The van der Waals surface area contributed by atoms with Gasteiger partial charge in [-0.05, 0) is 517 Å². The second-order valence-electron chi connectivity index (χ2n) is 44.8. The van der Waals surface area contributed by atoms with E-state index in [-0.39, 0.29) is 11.5 Å². The highest BCUT2D eigenvalue weighted by atomic mass is 32.1. The van der Waals surface area contributed by atoms with Crippen molar-refractivity contribution in [3.63, 3.8) is 0 Å². The van der Waals surface area contributed by atoms with Crippen molar-refractivity contribution < 1.29 is 0 Å². The third-order valence-electron chi connectivity index (χ3n) is 39.3. The van der Waals surface area contributed by atoms with E-state index in [1.54, 1.807) is 350 Å². The van der Waals surface area contributed by atoms with E-state index in [0.717, 1.165) is 38.6 Å². The Hall–Kier alpha value is -9.98. The molecule has 0 bridgehead atoms. The third kappa shape index (κ3) is 6.66. The van der Waals surface area contributed by atoms with Gasteiger partial charge in [0, 0.05) is 84.6 Å². The number of likely N-dealkylation sites (N-methyl/N-ethyl adjacent to an activating group) is 1. The molecule has 1 saturated heterocycles. The fourth-order valence-electron chi connectivity index (χ4n) is 35.7. The number of rotatable bonds is 32. The Bertz CT molecular complexity index is 11200. The summed E-state index contributed by atoms with van der Waals surface area (Å²) >= 11 is 16.8. The van der Waals surface area contributed by atoms with Crippen LogP contribution >= 0.6 is 90.7 Å².